The first-order valence-electron chi connectivity index (χ1n) is 2.36. The number of rotatable bonds is 3. The van der Waals surface area contributed by atoms with Gasteiger partial charge in [-0.2, -0.15) is 10.2 Å². The first-order chi connectivity index (χ1) is 3.72. The molecule has 0 bridgehead atoms. The molecule has 0 spiro atoms. The summed E-state index contributed by atoms with van der Waals surface area (Å²) in [5.74, 6) is 0. The maximum Gasteiger partial charge on any atom is 0.249 e. The monoisotopic (exact) mass is 118 g/mol. The molecular formula is C4H10N2O2. The molecule has 0 atom stereocenters. The zero-order chi connectivity index (χ0) is 6.57. The van der Waals surface area contributed by atoms with Gasteiger partial charge in [-0.3, -0.25) is 10.0 Å². The van der Waals surface area contributed by atoms with Crippen LogP contribution in [0.2, 0.25) is 0 Å². The van der Waals surface area contributed by atoms with Crippen LogP contribution in [0.1, 0.15) is 6.92 Å². The fourth-order valence-corrected chi connectivity index (χ4v) is 0.225. The van der Waals surface area contributed by atoms with E-state index in [2.05, 4.69) is 0 Å². The van der Waals surface area contributed by atoms with E-state index < -0.39 is 0 Å². The summed E-state index contributed by atoms with van der Waals surface area (Å²) in [5.41, 5.74) is 0. The first-order valence-corrected chi connectivity index (χ1v) is 2.36. The van der Waals surface area contributed by atoms with E-state index in [1.54, 1.807) is 7.05 Å². The minimum absolute atomic E-state index is 0.337. The third kappa shape index (κ3) is 1.90. The van der Waals surface area contributed by atoms with E-state index in [1.807, 2.05) is 6.92 Å². The molecule has 0 rings (SSSR count). The lowest BCUT2D eigenvalue weighted by atomic mass is 10.7. The number of nitrogens with zero attached hydrogens (tertiary/aromatic N) is 2. The lowest BCUT2D eigenvalue weighted by Gasteiger charge is -2.18. The highest BCUT2D eigenvalue weighted by molar-refractivity contribution is 5.43. The van der Waals surface area contributed by atoms with Crippen LogP contribution < -0.4 is 0 Å². The summed E-state index contributed by atoms with van der Waals surface area (Å²) < 4.78 is 0. The maximum atomic E-state index is 9.74. The number of hydrogen-bond donors (Lipinski definition) is 1. The summed E-state index contributed by atoms with van der Waals surface area (Å²) in [5, 5.41) is 10.4. The molecule has 0 fully saturated rings. The fourth-order valence-electron chi connectivity index (χ4n) is 0.225. The van der Waals surface area contributed by atoms with Crippen LogP contribution in [0.25, 0.3) is 0 Å². The summed E-state index contributed by atoms with van der Waals surface area (Å²) in [4.78, 5) is 9.74. The molecule has 48 valence electrons. The highest BCUT2D eigenvalue weighted by Crippen LogP contribution is 1.81. The van der Waals surface area contributed by atoms with Crippen LogP contribution in [-0.2, 0) is 4.79 Å². The quantitative estimate of drug-likeness (QED) is 0.314. The van der Waals surface area contributed by atoms with Crippen molar-refractivity contribution in [2.75, 3.05) is 13.6 Å². The summed E-state index contributed by atoms with van der Waals surface area (Å²) in [6.45, 7) is 2.43. The van der Waals surface area contributed by atoms with E-state index in [9.17, 15) is 4.79 Å². The van der Waals surface area contributed by atoms with Gasteiger partial charge in [0.15, 0.2) is 0 Å². The Kier molecular flexibility index (Phi) is 3.14. The normalized spacial score (nSPS) is 9.50. The van der Waals surface area contributed by atoms with Crippen LogP contribution in [0.3, 0.4) is 0 Å². The van der Waals surface area contributed by atoms with E-state index >= 15 is 0 Å². The molecular weight excluding hydrogens is 108 g/mol. The average Bonchev–Trinajstić information content (AvgIpc) is 1.84. The van der Waals surface area contributed by atoms with Gasteiger partial charge in [-0.15, -0.1) is 0 Å². The Morgan fingerprint density at radius 3 is 2.38 bits per heavy atom. The molecule has 0 aliphatic heterocycles. The summed E-state index contributed by atoms with van der Waals surface area (Å²) in [6, 6.07) is 0. The van der Waals surface area contributed by atoms with Gasteiger partial charge >= 0.3 is 0 Å². The number of carbonyl (C=O) groups excluding carboxylic acids is 1. The van der Waals surface area contributed by atoms with Crippen LogP contribution in [0.15, 0.2) is 0 Å². The molecule has 0 aromatic rings. The molecule has 0 aliphatic rings. The van der Waals surface area contributed by atoms with E-state index in [-0.39, 0.29) is 0 Å². The van der Waals surface area contributed by atoms with Crippen LogP contribution in [-0.4, -0.2) is 35.4 Å². The van der Waals surface area contributed by atoms with Crippen molar-refractivity contribution >= 4 is 6.41 Å². The maximum absolute atomic E-state index is 9.74. The third-order valence-electron chi connectivity index (χ3n) is 0.902. The van der Waals surface area contributed by atoms with Crippen LogP contribution in [0.5, 0.6) is 0 Å². The van der Waals surface area contributed by atoms with Crippen molar-refractivity contribution in [1.29, 1.82) is 0 Å². The Morgan fingerprint density at radius 1 is 1.75 bits per heavy atom. The van der Waals surface area contributed by atoms with Crippen molar-refractivity contribution < 1.29 is 10.0 Å². The second-order valence-corrected chi connectivity index (χ2v) is 1.40. The molecule has 0 unspecified atom stereocenters. The number of carbonyl (C=O) groups is 1. The largest absolute Gasteiger partial charge is 0.275 e. The van der Waals surface area contributed by atoms with Gasteiger partial charge in [0.1, 0.15) is 0 Å². The zero-order valence-electron chi connectivity index (χ0n) is 5.03. The van der Waals surface area contributed by atoms with Gasteiger partial charge < -0.3 is 0 Å². The second kappa shape index (κ2) is 3.40. The predicted octanol–water partition coefficient (Wildman–Crippen LogP) is -0.299. The molecule has 4 heteroatoms. The topological polar surface area (TPSA) is 43.8 Å². The van der Waals surface area contributed by atoms with Gasteiger partial charge in [-0.05, 0) is 0 Å². The number of hydroxylamine groups is 1. The van der Waals surface area contributed by atoms with Gasteiger partial charge in [0.25, 0.3) is 0 Å². The Labute approximate surface area is 48.2 Å². The third-order valence-corrected chi connectivity index (χ3v) is 0.902. The zero-order valence-corrected chi connectivity index (χ0v) is 5.03. The molecule has 1 amide bonds. The van der Waals surface area contributed by atoms with Crippen molar-refractivity contribution in [1.82, 2.24) is 10.2 Å². The van der Waals surface area contributed by atoms with E-state index in [4.69, 9.17) is 5.21 Å². The van der Waals surface area contributed by atoms with Crippen molar-refractivity contribution in [2.24, 2.45) is 0 Å². The standard InChI is InChI=1S/C4H10N2O2/c1-3-5(2)6(8)4-7/h4,8H,3H2,1-2H3. The predicted molar refractivity (Wildman–Crippen MR) is 28.0 cm³/mol. The summed E-state index contributed by atoms with van der Waals surface area (Å²) in [6.07, 6.45) is 0.337. The number of hydrogen-bond acceptors (Lipinski definition) is 3. The van der Waals surface area contributed by atoms with Gasteiger partial charge in [0.05, 0.1) is 0 Å². The molecule has 8 heavy (non-hydrogen) atoms. The van der Waals surface area contributed by atoms with E-state index in [0.29, 0.717) is 18.1 Å². The first kappa shape index (κ1) is 7.39. The lowest BCUT2D eigenvalue weighted by molar-refractivity contribution is -0.216. The number of hydrazine groups is 1. The van der Waals surface area contributed by atoms with Gasteiger partial charge in [-0.1, -0.05) is 6.92 Å². The van der Waals surface area contributed by atoms with Gasteiger partial charge in [0, 0.05) is 13.6 Å². The minimum atomic E-state index is 0.337. The molecule has 0 aliphatic carbocycles. The molecule has 0 aromatic heterocycles. The van der Waals surface area contributed by atoms with Crippen LogP contribution in [0, 0.1) is 0 Å². The molecule has 4 nitrogen and oxygen atoms in total. The van der Waals surface area contributed by atoms with Crippen LogP contribution in [0.4, 0.5) is 0 Å². The molecule has 0 heterocycles. The summed E-state index contributed by atoms with van der Waals surface area (Å²) in [7, 11) is 1.61. The van der Waals surface area contributed by atoms with Crippen molar-refractivity contribution in [3.05, 3.63) is 0 Å². The molecule has 1 N–H and O–H groups in total. The molecule has 0 radical (unpaired) electrons. The lowest BCUT2D eigenvalue weighted by Crippen LogP contribution is -2.35. The Bertz CT molecular complexity index is 76.4. The SMILES string of the molecule is CCN(C)N(O)C=O. The minimum Gasteiger partial charge on any atom is -0.275 e. The Balaban J connectivity index is 3.44. The van der Waals surface area contributed by atoms with Gasteiger partial charge in [0.2, 0.25) is 6.41 Å². The molecule has 0 saturated carbocycles. The molecule has 0 aromatic carbocycles. The highest BCUT2D eigenvalue weighted by atomic mass is 16.6. The Hall–Kier alpha value is -0.610. The van der Waals surface area contributed by atoms with E-state index in [0.717, 1.165) is 0 Å². The second-order valence-electron chi connectivity index (χ2n) is 1.40. The summed E-state index contributed by atoms with van der Waals surface area (Å²) >= 11 is 0. The highest BCUT2D eigenvalue weighted by Gasteiger charge is 1.98. The van der Waals surface area contributed by atoms with Gasteiger partial charge in [-0.25, -0.2) is 0 Å². The Morgan fingerprint density at radius 2 is 2.25 bits per heavy atom. The van der Waals surface area contributed by atoms with Crippen molar-refractivity contribution in [2.45, 2.75) is 6.92 Å². The number of amides is 1. The van der Waals surface area contributed by atoms with Crippen molar-refractivity contribution in [3.63, 3.8) is 0 Å². The fraction of sp³-hybridized carbons (Fsp3) is 0.750. The van der Waals surface area contributed by atoms with E-state index in [1.165, 1.54) is 5.01 Å². The molecule has 0 saturated heterocycles. The smallest absolute Gasteiger partial charge is 0.249 e. The average molecular weight is 118 g/mol. The van der Waals surface area contributed by atoms with Crippen molar-refractivity contribution in [3.8, 4) is 0 Å². The van der Waals surface area contributed by atoms with Crippen LogP contribution >= 0.6 is 0 Å².